The van der Waals surface area contributed by atoms with Crippen LogP contribution in [-0.4, -0.2) is 87.3 Å². The van der Waals surface area contributed by atoms with E-state index in [9.17, 15) is 0 Å². The molecule has 0 radical (unpaired) electrons. The third-order valence-electron chi connectivity index (χ3n) is 13.7. The Morgan fingerprint density at radius 1 is 0.452 bits per heavy atom. The van der Waals surface area contributed by atoms with Gasteiger partial charge in [-0.25, -0.2) is 0 Å². The smallest absolute Gasteiger partial charge is 0.0845 e. The predicted octanol–water partition coefficient (Wildman–Crippen LogP) is 4.74. The van der Waals surface area contributed by atoms with Crippen molar-refractivity contribution >= 4 is 0 Å². The van der Waals surface area contributed by atoms with Crippen LogP contribution < -0.4 is 5.32 Å². The maximum atomic E-state index is 7.24. The third kappa shape index (κ3) is 4.95. The van der Waals surface area contributed by atoms with Gasteiger partial charge in [0.25, 0.3) is 0 Å². The first kappa shape index (κ1) is 28.0. The fraction of sp³-hybridized carbons (Fsp3) is 1.00. The summed E-state index contributed by atoms with van der Waals surface area (Å²) in [5.74, 6) is 5.18. The largest absolute Gasteiger partial charge is 0.381 e. The Hall–Kier alpha value is -0.280. The van der Waals surface area contributed by atoms with Gasteiger partial charge in [-0.05, 0) is 94.3 Å². The van der Waals surface area contributed by atoms with Crippen molar-refractivity contribution < 1.29 is 28.4 Å². The zero-order valence-electron chi connectivity index (χ0n) is 25.9. The van der Waals surface area contributed by atoms with Crippen molar-refractivity contribution in [2.75, 3.05) is 26.4 Å². The maximum Gasteiger partial charge on any atom is 0.0845 e. The molecule has 0 aromatic heterocycles. The standard InChI is InChI=1S/C35H55NO6/c1-18(2)36-35-25-9-19-7-21-8-23-16-37-5-3-27(23)39-29(21)10-20(19)11-31(25)42-32-12-22-13-33-34(41-30(22)15-26(32)35)14-24-17-38-6-4-28(24)40-33/h18-36H,3-17H2,1-2H3. The third-order valence-corrected chi connectivity index (χ3v) is 13.7. The lowest BCUT2D eigenvalue weighted by Gasteiger charge is -2.59. The SMILES string of the molecule is CC(C)NC1C2CC3CC4CC5COCCC5OC4CC3CC2OC2CC3CC4OC5CCOCC5CC4OC3CC21. The van der Waals surface area contributed by atoms with Gasteiger partial charge in [-0.15, -0.1) is 0 Å². The van der Waals surface area contributed by atoms with Gasteiger partial charge in [-0.2, -0.15) is 0 Å². The van der Waals surface area contributed by atoms with E-state index < -0.39 is 0 Å². The quantitative estimate of drug-likeness (QED) is 0.502. The van der Waals surface area contributed by atoms with Crippen LogP contribution in [0.3, 0.4) is 0 Å². The summed E-state index contributed by atoms with van der Waals surface area (Å²) in [6, 6.07) is 1.02. The molecule has 0 aromatic rings. The summed E-state index contributed by atoms with van der Waals surface area (Å²) in [4.78, 5) is 0. The van der Waals surface area contributed by atoms with Crippen molar-refractivity contribution in [1.82, 2.24) is 5.32 Å². The molecule has 7 heteroatoms. The zero-order chi connectivity index (χ0) is 27.9. The van der Waals surface area contributed by atoms with Crippen molar-refractivity contribution in [3.8, 4) is 0 Å². The van der Waals surface area contributed by atoms with Gasteiger partial charge in [0.15, 0.2) is 0 Å². The van der Waals surface area contributed by atoms with Crippen LogP contribution in [0.15, 0.2) is 0 Å². The molecule has 42 heavy (non-hydrogen) atoms. The number of fused-ring (bicyclic) bond motifs is 8. The molecule has 0 amide bonds. The van der Waals surface area contributed by atoms with Crippen LogP contribution in [0.2, 0.25) is 0 Å². The van der Waals surface area contributed by atoms with Crippen molar-refractivity contribution in [2.45, 2.75) is 145 Å². The molecule has 9 rings (SSSR count). The highest BCUT2D eigenvalue weighted by molar-refractivity contribution is 5.07. The van der Waals surface area contributed by atoms with E-state index in [0.29, 0.717) is 78.3 Å². The highest BCUT2D eigenvalue weighted by Gasteiger charge is 2.57. The molecule has 6 heterocycles. The molecule has 17 atom stereocenters. The average Bonchev–Trinajstić information content (AvgIpc) is 2.99. The van der Waals surface area contributed by atoms with Crippen LogP contribution in [0.25, 0.3) is 0 Å². The molecule has 0 bridgehead atoms. The van der Waals surface area contributed by atoms with E-state index in [1.807, 2.05) is 0 Å². The topological polar surface area (TPSA) is 67.4 Å². The molecule has 3 saturated carbocycles. The summed E-state index contributed by atoms with van der Waals surface area (Å²) in [5, 5.41) is 4.14. The number of hydrogen-bond acceptors (Lipinski definition) is 7. The normalized spacial score (nSPS) is 56.8. The fourth-order valence-corrected chi connectivity index (χ4v) is 11.9. The van der Waals surface area contributed by atoms with E-state index >= 15 is 0 Å². The molecule has 7 nitrogen and oxygen atoms in total. The van der Waals surface area contributed by atoms with Gasteiger partial charge >= 0.3 is 0 Å². The van der Waals surface area contributed by atoms with Gasteiger partial charge < -0.3 is 33.7 Å². The molecule has 6 aliphatic heterocycles. The number of hydrogen-bond donors (Lipinski definition) is 1. The molecule has 17 unspecified atom stereocenters. The summed E-state index contributed by atoms with van der Waals surface area (Å²) < 4.78 is 39.4. The first-order chi connectivity index (χ1) is 20.6. The Kier molecular flexibility index (Phi) is 7.47. The second-order valence-corrected chi connectivity index (χ2v) is 16.4. The van der Waals surface area contributed by atoms with Gasteiger partial charge in [0, 0.05) is 49.0 Å². The molecule has 3 aliphatic carbocycles. The van der Waals surface area contributed by atoms with E-state index in [2.05, 4.69) is 19.2 Å². The second kappa shape index (κ2) is 11.2. The van der Waals surface area contributed by atoms with Crippen LogP contribution in [0.5, 0.6) is 0 Å². The van der Waals surface area contributed by atoms with E-state index in [1.165, 1.54) is 32.1 Å². The number of nitrogens with one attached hydrogen (secondary N) is 1. The molecule has 236 valence electrons. The Morgan fingerprint density at radius 3 is 1.69 bits per heavy atom. The van der Waals surface area contributed by atoms with Crippen LogP contribution >= 0.6 is 0 Å². The van der Waals surface area contributed by atoms with Crippen LogP contribution in [0, 0.1) is 47.3 Å². The molecular formula is C35H55NO6. The lowest BCUT2D eigenvalue weighted by atomic mass is 9.57. The Labute approximate surface area is 252 Å². The molecule has 6 saturated heterocycles. The van der Waals surface area contributed by atoms with Crippen molar-refractivity contribution in [3.05, 3.63) is 0 Å². The van der Waals surface area contributed by atoms with Gasteiger partial charge in [-0.3, -0.25) is 0 Å². The average molecular weight is 586 g/mol. The fourth-order valence-electron chi connectivity index (χ4n) is 11.9. The maximum absolute atomic E-state index is 7.24. The summed E-state index contributed by atoms with van der Waals surface area (Å²) in [5.41, 5.74) is 0. The van der Waals surface area contributed by atoms with Gasteiger partial charge in [-0.1, -0.05) is 13.8 Å². The van der Waals surface area contributed by atoms with E-state index in [0.717, 1.165) is 82.7 Å². The molecule has 1 N–H and O–H groups in total. The minimum Gasteiger partial charge on any atom is -0.381 e. The Bertz CT molecular complexity index is 909. The summed E-state index contributed by atoms with van der Waals surface area (Å²) in [6.07, 6.45) is 16.1. The summed E-state index contributed by atoms with van der Waals surface area (Å²) in [6.45, 7) is 8.17. The summed E-state index contributed by atoms with van der Waals surface area (Å²) in [7, 11) is 0. The predicted molar refractivity (Wildman–Crippen MR) is 157 cm³/mol. The van der Waals surface area contributed by atoms with E-state index in [-0.39, 0.29) is 12.2 Å². The number of rotatable bonds is 2. The molecule has 9 fully saturated rings. The lowest BCUT2D eigenvalue weighted by molar-refractivity contribution is -0.265. The summed E-state index contributed by atoms with van der Waals surface area (Å²) >= 11 is 0. The van der Waals surface area contributed by atoms with Gasteiger partial charge in [0.05, 0.1) is 62.0 Å². The zero-order valence-corrected chi connectivity index (χ0v) is 25.9. The van der Waals surface area contributed by atoms with Crippen LogP contribution in [-0.2, 0) is 28.4 Å². The highest BCUT2D eigenvalue weighted by Crippen LogP contribution is 2.55. The van der Waals surface area contributed by atoms with Crippen molar-refractivity contribution in [1.29, 1.82) is 0 Å². The van der Waals surface area contributed by atoms with E-state index in [1.54, 1.807) is 0 Å². The Balaban J connectivity index is 0.913. The van der Waals surface area contributed by atoms with Crippen molar-refractivity contribution in [3.63, 3.8) is 0 Å². The van der Waals surface area contributed by atoms with Crippen LogP contribution in [0.1, 0.15) is 84.5 Å². The molecule has 9 aliphatic rings. The lowest BCUT2D eigenvalue weighted by Crippen LogP contribution is -2.65. The molecular weight excluding hydrogens is 530 g/mol. The number of ether oxygens (including phenoxy) is 6. The molecule has 0 aromatic carbocycles. The Morgan fingerprint density at radius 2 is 0.929 bits per heavy atom. The molecule has 0 spiro atoms. The van der Waals surface area contributed by atoms with E-state index in [4.69, 9.17) is 28.4 Å². The minimum absolute atomic E-state index is 0.247. The first-order valence-electron chi connectivity index (χ1n) is 18.1. The minimum atomic E-state index is 0.247. The first-order valence-corrected chi connectivity index (χ1v) is 18.1. The second-order valence-electron chi connectivity index (χ2n) is 16.4. The van der Waals surface area contributed by atoms with Crippen molar-refractivity contribution in [2.24, 2.45) is 47.3 Å². The van der Waals surface area contributed by atoms with Crippen LogP contribution in [0.4, 0.5) is 0 Å². The highest BCUT2D eigenvalue weighted by atomic mass is 16.6. The monoisotopic (exact) mass is 585 g/mol. The van der Waals surface area contributed by atoms with Gasteiger partial charge in [0.2, 0.25) is 0 Å². The van der Waals surface area contributed by atoms with Gasteiger partial charge in [0.1, 0.15) is 0 Å².